The van der Waals surface area contributed by atoms with Crippen molar-refractivity contribution in [3.63, 3.8) is 0 Å². The summed E-state index contributed by atoms with van der Waals surface area (Å²) in [6.07, 6.45) is 2.87. The second-order valence-electron chi connectivity index (χ2n) is 10.2. The predicted molar refractivity (Wildman–Crippen MR) is 142 cm³/mol. The first-order chi connectivity index (χ1) is 17.3. The van der Waals surface area contributed by atoms with Gasteiger partial charge in [0, 0.05) is 6.54 Å². The van der Waals surface area contributed by atoms with Gasteiger partial charge in [-0.15, -0.1) is 0 Å². The molecule has 4 atom stereocenters. The monoisotopic (exact) mass is 528 g/mol. The van der Waals surface area contributed by atoms with Gasteiger partial charge < -0.3 is 43.6 Å². The van der Waals surface area contributed by atoms with E-state index in [1.54, 1.807) is 0 Å². The number of aliphatic carboxylic acids is 1. The second kappa shape index (κ2) is 18.3. The number of carboxylic acid groups (broad SMARTS) is 1. The van der Waals surface area contributed by atoms with E-state index < -0.39 is 47.9 Å². The Bertz CT molecular complexity index is 747. The van der Waals surface area contributed by atoms with Gasteiger partial charge in [-0.2, -0.15) is 0 Å². The molecule has 0 spiro atoms. The number of hydrogen-bond donors (Lipinski definition) is 9. The van der Waals surface area contributed by atoms with Crippen LogP contribution in [0.1, 0.15) is 72.6 Å². The highest BCUT2D eigenvalue weighted by atomic mass is 16.4. The van der Waals surface area contributed by atoms with E-state index in [-0.39, 0.29) is 30.6 Å². The van der Waals surface area contributed by atoms with E-state index in [0.717, 1.165) is 0 Å². The van der Waals surface area contributed by atoms with E-state index in [1.807, 2.05) is 27.7 Å². The van der Waals surface area contributed by atoms with Crippen LogP contribution in [-0.2, 0) is 19.2 Å². The lowest BCUT2D eigenvalue weighted by atomic mass is 9.99. The zero-order valence-corrected chi connectivity index (χ0v) is 22.6. The van der Waals surface area contributed by atoms with Crippen molar-refractivity contribution in [1.29, 1.82) is 5.41 Å². The highest BCUT2D eigenvalue weighted by molar-refractivity contribution is 5.94. The maximum atomic E-state index is 13.2. The van der Waals surface area contributed by atoms with Crippen molar-refractivity contribution in [2.75, 3.05) is 13.1 Å². The number of carbonyl (C=O) groups is 4. The van der Waals surface area contributed by atoms with Gasteiger partial charge in [0.2, 0.25) is 17.7 Å². The van der Waals surface area contributed by atoms with Gasteiger partial charge in [0.15, 0.2) is 5.96 Å². The summed E-state index contributed by atoms with van der Waals surface area (Å²) in [6.45, 7) is 8.29. The number of hydrogen-bond acceptors (Lipinski definition) is 7. The van der Waals surface area contributed by atoms with Gasteiger partial charge >= 0.3 is 5.97 Å². The number of carboxylic acids is 1. The van der Waals surface area contributed by atoms with Crippen LogP contribution < -0.4 is 38.5 Å². The molecule has 0 aromatic rings. The van der Waals surface area contributed by atoms with E-state index in [2.05, 4.69) is 21.3 Å². The number of rotatable bonds is 19. The molecular weight excluding hydrogens is 480 g/mol. The Morgan fingerprint density at radius 1 is 0.784 bits per heavy atom. The van der Waals surface area contributed by atoms with Crippen LogP contribution in [0.4, 0.5) is 0 Å². The molecule has 13 heteroatoms. The third kappa shape index (κ3) is 15.7. The molecule has 12 N–H and O–H groups in total. The predicted octanol–water partition coefficient (Wildman–Crippen LogP) is -0.663. The normalized spacial score (nSPS) is 14.4. The molecule has 0 aliphatic rings. The number of carbonyl (C=O) groups excluding carboxylic acids is 3. The summed E-state index contributed by atoms with van der Waals surface area (Å²) in [7, 11) is 0. The maximum absolute atomic E-state index is 13.2. The summed E-state index contributed by atoms with van der Waals surface area (Å²) in [4.78, 5) is 50.4. The van der Waals surface area contributed by atoms with Crippen molar-refractivity contribution in [2.24, 2.45) is 29.0 Å². The molecule has 0 aromatic carbocycles. The molecule has 0 unspecified atom stereocenters. The van der Waals surface area contributed by atoms with Crippen LogP contribution in [0.25, 0.3) is 0 Å². The van der Waals surface area contributed by atoms with Crippen molar-refractivity contribution in [1.82, 2.24) is 21.3 Å². The number of nitrogens with one attached hydrogen (secondary N) is 5. The molecule has 0 rings (SSSR count). The first-order valence-electron chi connectivity index (χ1n) is 13.0. The largest absolute Gasteiger partial charge is 0.480 e. The Morgan fingerprint density at radius 2 is 1.30 bits per heavy atom. The Balaban J connectivity index is 5.41. The highest BCUT2D eigenvalue weighted by Crippen LogP contribution is 2.10. The fourth-order valence-electron chi connectivity index (χ4n) is 3.66. The summed E-state index contributed by atoms with van der Waals surface area (Å²) in [5, 5.41) is 27.2. The summed E-state index contributed by atoms with van der Waals surface area (Å²) in [5.41, 5.74) is 16.8. The zero-order chi connectivity index (χ0) is 28.5. The van der Waals surface area contributed by atoms with E-state index in [1.165, 1.54) is 0 Å². The van der Waals surface area contributed by atoms with Crippen molar-refractivity contribution in [3.8, 4) is 0 Å². The second-order valence-corrected chi connectivity index (χ2v) is 10.2. The number of nitrogens with two attached hydrogens (primary N) is 3. The molecule has 0 saturated carbocycles. The number of guanidine groups is 1. The highest BCUT2D eigenvalue weighted by Gasteiger charge is 2.30. The van der Waals surface area contributed by atoms with Crippen LogP contribution in [0.2, 0.25) is 0 Å². The molecule has 0 aromatic heterocycles. The quantitative estimate of drug-likeness (QED) is 0.0586. The Kier molecular flexibility index (Phi) is 16.9. The minimum Gasteiger partial charge on any atom is -0.480 e. The molecule has 0 fully saturated rings. The van der Waals surface area contributed by atoms with E-state index in [4.69, 9.17) is 22.6 Å². The van der Waals surface area contributed by atoms with E-state index in [9.17, 15) is 24.3 Å². The topological polar surface area (TPSA) is 239 Å². The molecule has 0 radical (unpaired) electrons. The van der Waals surface area contributed by atoms with E-state index >= 15 is 0 Å². The molecule has 0 aliphatic carbocycles. The molecule has 0 saturated heterocycles. The van der Waals surface area contributed by atoms with Gasteiger partial charge in [0.25, 0.3) is 0 Å². The minimum absolute atomic E-state index is 0.0340. The van der Waals surface area contributed by atoms with Crippen LogP contribution in [0, 0.1) is 17.2 Å². The van der Waals surface area contributed by atoms with Crippen LogP contribution in [0.15, 0.2) is 0 Å². The number of unbranched alkanes of at least 4 members (excludes halogenated alkanes) is 1. The van der Waals surface area contributed by atoms with Crippen LogP contribution in [0.3, 0.4) is 0 Å². The van der Waals surface area contributed by atoms with Gasteiger partial charge in [0.1, 0.15) is 18.1 Å². The Morgan fingerprint density at radius 3 is 1.81 bits per heavy atom. The van der Waals surface area contributed by atoms with Gasteiger partial charge in [0.05, 0.1) is 6.04 Å². The molecule has 214 valence electrons. The lowest BCUT2D eigenvalue weighted by Gasteiger charge is -2.26. The summed E-state index contributed by atoms with van der Waals surface area (Å²) in [6, 6.07) is -3.86. The fraction of sp³-hybridized carbons (Fsp3) is 0.792. The standard InChI is InChI=1S/C24H48N8O5/c1-14(2)12-18(22(35)32-19(23(36)37)13-15(3)4)31-21(34)17(9-5-6-10-25)30-20(33)16(26)8-7-11-29-24(27)28/h14-19H,5-13,25-26H2,1-4H3,(H,30,33)(H,31,34)(H,32,35)(H,36,37)(H4,27,28,29)/t16-,17-,18-,19-/m0/s1. The maximum Gasteiger partial charge on any atom is 0.326 e. The molecule has 3 amide bonds. The van der Waals surface area contributed by atoms with Gasteiger partial charge in [-0.3, -0.25) is 19.8 Å². The lowest BCUT2D eigenvalue weighted by Crippen LogP contribution is -2.57. The Hall–Kier alpha value is -2.93. The smallest absolute Gasteiger partial charge is 0.326 e. The molecule has 0 bridgehead atoms. The molecule has 13 nitrogen and oxygen atoms in total. The number of amides is 3. The molecule has 0 aliphatic heterocycles. The van der Waals surface area contributed by atoms with Crippen LogP contribution in [-0.4, -0.2) is 72.0 Å². The minimum atomic E-state index is -1.14. The van der Waals surface area contributed by atoms with Crippen molar-refractivity contribution < 1.29 is 24.3 Å². The third-order valence-electron chi connectivity index (χ3n) is 5.59. The SMILES string of the molecule is CC(C)C[C@H](NC(=O)[C@H](CC(C)C)NC(=O)[C@H](CCCCN)NC(=O)[C@@H](N)CCCNC(=N)N)C(=O)O. The van der Waals surface area contributed by atoms with Crippen molar-refractivity contribution >= 4 is 29.7 Å². The summed E-state index contributed by atoms with van der Waals surface area (Å²) < 4.78 is 0. The van der Waals surface area contributed by atoms with Crippen LogP contribution >= 0.6 is 0 Å². The van der Waals surface area contributed by atoms with Crippen molar-refractivity contribution in [2.45, 2.75) is 96.8 Å². The molecule has 37 heavy (non-hydrogen) atoms. The fourth-order valence-corrected chi connectivity index (χ4v) is 3.66. The average molecular weight is 529 g/mol. The Labute approximate surface area is 219 Å². The van der Waals surface area contributed by atoms with Gasteiger partial charge in [-0.25, -0.2) is 4.79 Å². The summed E-state index contributed by atoms with van der Waals surface area (Å²) >= 11 is 0. The zero-order valence-electron chi connectivity index (χ0n) is 22.6. The first kappa shape index (κ1) is 34.1. The van der Waals surface area contributed by atoms with Crippen LogP contribution in [0.5, 0.6) is 0 Å². The van der Waals surface area contributed by atoms with Gasteiger partial charge in [-0.1, -0.05) is 27.7 Å². The van der Waals surface area contributed by atoms with Gasteiger partial charge in [-0.05, 0) is 63.3 Å². The lowest BCUT2D eigenvalue weighted by molar-refractivity contribution is -0.143. The van der Waals surface area contributed by atoms with Crippen molar-refractivity contribution in [3.05, 3.63) is 0 Å². The summed E-state index contributed by atoms with van der Waals surface area (Å²) in [5.74, 6) is -2.88. The first-order valence-corrected chi connectivity index (χ1v) is 13.0. The average Bonchev–Trinajstić information content (AvgIpc) is 2.79. The van der Waals surface area contributed by atoms with E-state index in [0.29, 0.717) is 45.2 Å². The molecular formula is C24H48N8O5. The molecule has 0 heterocycles. The third-order valence-corrected chi connectivity index (χ3v) is 5.59.